The van der Waals surface area contributed by atoms with Crippen molar-refractivity contribution in [1.82, 2.24) is 9.97 Å². The van der Waals surface area contributed by atoms with Crippen molar-refractivity contribution in [2.24, 2.45) is 0 Å². The van der Waals surface area contributed by atoms with Crippen molar-refractivity contribution in [3.8, 4) is 0 Å². The van der Waals surface area contributed by atoms with Crippen LogP contribution in [-0.4, -0.2) is 47.2 Å². The highest BCUT2D eigenvalue weighted by atomic mass is 35.5. The van der Waals surface area contributed by atoms with Gasteiger partial charge in [-0.15, -0.1) is 0 Å². The van der Waals surface area contributed by atoms with Crippen molar-refractivity contribution in [3.63, 3.8) is 0 Å². The van der Waals surface area contributed by atoms with Crippen LogP contribution in [0.5, 0.6) is 0 Å². The number of hydrogen-bond donors (Lipinski definition) is 1. The van der Waals surface area contributed by atoms with Gasteiger partial charge in [0.05, 0.1) is 11.3 Å². The topological polar surface area (TPSA) is 69.6 Å². The summed E-state index contributed by atoms with van der Waals surface area (Å²) < 4.78 is 0. The fraction of sp³-hybridized carbons (Fsp3) is 0.312. The van der Waals surface area contributed by atoms with Crippen molar-refractivity contribution in [2.45, 2.75) is 6.92 Å². The first-order valence-corrected chi connectivity index (χ1v) is 7.75. The summed E-state index contributed by atoms with van der Waals surface area (Å²) in [4.78, 5) is 23.9. The van der Waals surface area contributed by atoms with Crippen LogP contribution in [0.3, 0.4) is 0 Å². The minimum Gasteiger partial charge on any atom is -0.478 e. The summed E-state index contributed by atoms with van der Waals surface area (Å²) in [5.41, 5.74) is 1.74. The first-order chi connectivity index (χ1) is 11.0. The average molecular weight is 333 g/mol. The van der Waals surface area contributed by atoms with Crippen molar-refractivity contribution in [2.75, 3.05) is 36.0 Å². The predicted octanol–water partition coefficient (Wildman–Crippen LogP) is 2.46. The molecule has 0 saturated carbocycles. The van der Waals surface area contributed by atoms with Gasteiger partial charge in [-0.1, -0.05) is 17.7 Å². The van der Waals surface area contributed by atoms with Crippen LogP contribution < -0.4 is 9.80 Å². The van der Waals surface area contributed by atoms with Crippen LogP contribution in [0.2, 0.25) is 5.02 Å². The molecule has 0 unspecified atom stereocenters. The molecule has 0 bridgehead atoms. The smallest absolute Gasteiger partial charge is 0.339 e. The molecular weight excluding hydrogens is 316 g/mol. The zero-order chi connectivity index (χ0) is 16.4. The number of halogens is 1. The molecule has 0 radical (unpaired) electrons. The summed E-state index contributed by atoms with van der Waals surface area (Å²) in [6.45, 7) is 4.92. The standard InChI is InChI=1S/C16H17ClN4O2/c1-11-14(15(22)23)10-18-16(19-11)21-7-5-20(6-8-21)13-4-2-3-12(17)9-13/h2-4,9-10H,5-8H2,1H3,(H,22,23). The van der Waals surface area contributed by atoms with Crippen molar-refractivity contribution >= 4 is 29.2 Å². The van der Waals surface area contributed by atoms with E-state index in [9.17, 15) is 4.79 Å². The maximum absolute atomic E-state index is 11.0. The molecule has 1 saturated heterocycles. The summed E-state index contributed by atoms with van der Waals surface area (Å²) in [5, 5.41) is 9.77. The molecule has 0 aliphatic carbocycles. The van der Waals surface area contributed by atoms with Crippen molar-refractivity contribution in [3.05, 3.63) is 46.7 Å². The second kappa shape index (κ2) is 6.42. The van der Waals surface area contributed by atoms with Crippen LogP contribution in [0.25, 0.3) is 0 Å². The largest absolute Gasteiger partial charge is 0.478 e. The first kappa shape index (κ1) is 15.6. The van der Waals surface area contributed by atoms with Gasteiger partial charge < -0.3 is 14.9 Å². The van der Waals surface area contributed by atoms with Crippen LogP contribution in [0, 0.1) is 6.92 Å². The van der Waals surface area contributed by atoms with E-state index in [0.717, 1.165) is 36.9 Å². The number of aromatic carboxylic acids is 1. The molecule has 23 heavy (non-hydrogen) atoms. The molecule has 120 valence electrons. The highest BCUT2D eigenvalue weighted by Gasteiger charge is 2.20. The van der Waals surface area contributed by atoms with Crippen LogP contribution in [0.4, 0.5) is 11.6 Å². The van der Waals surface area contributed by atoms with E-state index in [0.29, 0.717) is 11.6 Å². The average Bonchev–Trinajstić information content (AvgIpc) is 2.54. The lowest BCUT2D eigenvalue weighted by molar-refractivity contribution is 0.0695. The normalized spacial score (nSPS) is 14.9. The number of carboxylic acids is 1. The quantitative estimate of drug-likeness (QED) is 0.931. The Morgan fingerprint density at radius 2 is 1.91 bits per heavy atom. The molecule has 1 N–H and O–H groups in total. The molecule has 1 fully saturated rings. The lowest BCUT2D eigenvalue weighted by Gasteiger charge is -2.36. The maximum Gasteiger partial charge on any atom is 0.339 e. The van der Waals surface area contributed by atoms with Gasteiger partial charge in [-0.3, -0.25) is 0 Å². The van der Waals surface area contributed by atoms with Crippen molar-refractivity contribution < 1.29 is 9.90 Å². The minimum atomic E-state index is -1.00. The predicted molar refractivity (Wildman–Crippen MR) is 89.6 cm³/mol. The summed E-state index contributed by atoms with van der Waals surface area (Å²) in [5.74, 6) is -0.418. The summed E-state index contributed by atoms with van der Waals surface area (Å²) >= 11 is 6.04. The summed E-state index contributed by atoms with van der Waals surface area (Å²) in [6, 6.07) is 7.81. The molecule has 0 amide bonds. The summed E-state index contributed by atoms with van der Waals surface area (Å²) in [6.07, 6.45) is 1.38. The van der Waals surface area contributed by atoms with Crippen LogP contribution in [-0.2, 0) is 0 Å². The highest BCUT2D eigenvalue weighted by Crippen LogP contribution is 2.22. The van der Waals surface area contributed by atoms with Gasteiger partial charge in [0.15, 0.2) is 0 Å². The fourth-order valence-electron chi connectivity index (χ4n) is 2.65. The van der Waals surface area contributed by atoms with E-state index in [4.69, 9.17) is 16.7 Å². The van der Waals surface area contributed by atoms with Gasteiger partial charge >= 0.3 is 5.97 Å². The van der Waals surface area contributed by atoms with Crippen LogP contribution in [0.1, 0.15) is 16.1 Å². The Labute approximate surface area is 139 Å². The molecule has 0 spiro atoms. The minimum absolute atomic E-state index is 0.145. The number of hydrogen-bond acceptors (Lipinski definition) is 5. The number of carbonyl (C=O) groups is 1. The number of carboxylic acid groups (broad SMARTS) is 1. The molecule has 3 rings (SSSR count). The first-order valence-electron chi connectivity index (χ1n) is 7.37. The van der Waals surface area contributed by atoms with E-state index >= 15 is 0 Å². The molecule has 1 aliphatic heterocycles. The zero-order valence-electron chi connectivity index (χ0n) is 12.7. The van der Waals surface area contributed by atoms with Crippen molar-refractivity contribution in [1.29, 1.82) is 0 Å². The molecule has 1 aromatic carbocycles. The second-order valence-corrected chi connectivity index (χ2v) is 5.86. The molecule has 7 heteroatoms. The van der Waals surface area contributed by atoms with Gasteiger partial charge in [-0.2, -0.15) is 0 Å². The molecule has 2 aromatic rings. The Morgan fingerprint density at radius 1 is 1.22 bits per heavy atom. The molecule has 1 aromatic heterocycles. The van der Waals surface area contributed by atoms with E-state index in [1.807, 2.05) is 24.3 Å². The lowest BCUT2D eigenvalue weighted by Crippen LogP contribution is -2.47. The van der Waals surface area contributed by atoms with Crippen LogP contribution >= 0.6 is 11.6 Å². The molecule has 2 heterocycles. The maximum atomic E-state index is 11.0. The second-order valence-electron chi connectivity index (χ2n) is 5.43. The number of rotatable bonds is 3. The van der Waals surface area contributed by atoms with Gasteiger partial charge in [0, 0.05) is 43.1 Å². The van der Waals surface area contributed by atoms with E-state index in [1.54, 1.807) is 6.92 Å². The third-order valence-corrected chi connectivity index (χ3v) is 4.17. The zero-order valence-corrected chi connectivity index (χ0v) is 13.5. The fourth-order valence-corrected chi connectivity index (χ4v) is 2.84. The van der Waals surface area contributed by atoms with Gasteiger partial charge in [0.2, 0.25) is 5.95 Å². The van der Waals surface area contributed by atoms with Gasteiger partial charge in [-0.05, 0) is 25.1 Å². The molecule has 0 atom stereocenters. The number of aromatic nitrogens is 2. The van der Waals surface area contributed by atoms with Gasteiger partial charge in [0.1, 0.15) is 0 Å². The number of nitrogens with zero attached hydrogens (tertiary/aromatic N) is 4. The number of benzene rings is 1. The Hall–Kier alpha value is -2.34. The monoisotopic (exact) mass is 332 g/mol. The highest BCUT2D eigenvalue weighted by molar-refractivity contribution is 6.30. The number of piperazine rings is 1. The summed E-state index contributed by atoms with van der Waals surface area (Å²) in [7, 11) is 0. The third kappa shape index (κ3) is 3.37. The lowest BCUT2D eigenvalue weighted by atomic mass is 10.2. The third-order valence-electron chi connectivity index (χ3n) is 3.93. The molecule has 6 nitrogen and oxygen atoms in total. The number of anilines is 2. The number of aryl methyl sites for hydroxylation is 1. The Balaban J connectivity index is 1.69. The molecule has 1 aliphatic rings. The van der Waals surface area contributed by atoms with Gasteiger partial charge in [0.25, 0.3) is 0 Å². The van der Waals surface area contributed by atoms with E-state index in [-0.39, 0.29) is 5.56 Å². The molecular formula is C16H17ClN4O2. The van der Waals surface area contributed by atoms with Gasteiger partial charge in [-0.25, -0.2) is 14.8 Å². The van der Waals surface area contributed by atoms with E-state index in [1.165, 1.54) is 6.20 Å². The van der Waals surface area contributed by atoms with Crippen LogP contribution in [0.15, 0.2) is 30.5 Å². The SMILES string of the molecule is Cc1nc(N2CCN(c3cccc(Cl)c3)CC2)ncc1C(=O)O. The van der Waals surface area contributed by atoms with E-state index < -0.39 is 5.97 Å². The Bertz CT molecular complexity index is 730. The van der Waals surface area contributed by atoms with E-state index in [2.05, 4.69) is 19.8 Å². The Kier molecular flexibility index (Phi) is 4.34. The Morgan fingerprint density at radius 3 is 2.52 bits per heavy atom.